The molecule has 5 nitrogen and oxygen atoms in total. The van der Waals surface area contributed by atoms with Crippen molar-refractivity contribution in [2.45, 2.75) is 6.10 Å². The van der Waals surface area contributed by atoms with Gasteiger partial charge in [-0.05, 0) is 23.3 Å². The molecule has 0 amide bonds. The fourth-order valence-corrected chi connectivity index (χ4v) is 2.75. The number of benzene rings is 3. The molecule has 0 radical (unpaired) electrons. The average Bonchev–Trinajstić information content (AvgIpc) is 2.67. The summed E-state index contributed by atoms with van der Waals surface area (Å²) in [7, 11) is 0. The normalized spacial score (nSPS) is 10.5. The molecule has 0 unspecified atom stereocenters. The van der Waals surface area contributed by atoms with Crippen LogP contribution in [0.5, 0.6) is 0 Å². The van der Waals surface area contributed by atoms with E-state index in [4.69, 9.17) is 16.3 Å². The lowest BCUT2D eigenvalue weighted by atomic mass is 10.0. The predicted octanol–water partition coefficient (Wildman–Crippen LogP) is 5.19. The zero-order valence-corrected chi connectivity index (χ0v) is 14.3. The Morgan fingerprint density at radius 1 is 0.923 bits per heavy atom. The molecule has 3 aromatic carbocycles. The van der Waals surface area contributed by atoms with Crippen molar-refractivity contribution in [1.82, 2.24) is 0 Å². The number of ether oxygens (including phenoxy) is 1. The number of hydrogen-bond donors (Lipinski definition) is 0. The fraction of sp³-hybridized carbons (Fsp3) is 0.0500. The van der Waals surface area contributed by atoms with Gasteiger partial charge in [-0.3, -0.25) is 10.1 Å². The van der Waals surface area contributed by atoms with Crippen molar-refractivity contribution in [2.24, 2.45) is 0 Å². The number of nitro benzene ring substituents is 1. The minimum atomic E-state index is -0.786. The van der Waals surface area contributed by atoms with Crippen LogP contribution in [-0.4, -0.2) is 10.9 Å². The van der Waals surface area contributed by atoms with E-state index in [1.165, 1.54) is 12.1 Å². The van der Waals surface area contributed by atoms with E-state index in [2.05, 4.69) is 0 Å². The van der Waals surface area contributed by atoms with Gasteiger partial charge in [-0.15, -0.1) is 0 Å². The molecule has 0 aromatic heterocycles. The Bertz CT molecular complexity index is 890. The molecular weight excluding hydrogens is 354 g/mol. The Kier molecular flexibility index (Phi) is 5.29. The van der Waals surface area contributed by atoms with Crippen molar-refractivity contribution in [3.05, 3.63) is 111 Å². The number of nitrogens with zero attached hydrogens (tertiary/aromatic N) is 1. The highest BCUT2D eigenvalue weighted by Crippen LogP contribution is 2.30. The van der Waals surface area contributed by atoms with Gasteiger partial charge in [0.25, 0.3) is 5.69 Å². The second-order valence-electron chi connectivity index (χ2n) is 5.53. The van der Waals surface area contributed by atoms with Crippen LogP contribution in [0.2, 0.25) is 5.02 Å². The largest absolute Gasteiger partial charge is 0.449 e. The van der Waals surface area contributed by atoms with Gasteiger partial charge in [-0.25, -0.2) is 4.79 Å². The number of rotatable bonds is 5. The summed E-state index contributed by atoms with van der Waals surface area (Å²) in [4.78, 5) is 23.3. The molecule has 130 valence electrons. The van der Waals surface area contributed by atoms with Crippen molar-refractivity contribution >= 4 is 23.3 Å². The average molecular weight is 368 g/mol. The first-order valence-corrected chi connectivity index (χ1v) is 8.19. The quantitative estimate of drug-likeness (QED) is 0.353. The van der Waals surface area contributed by atoms with Crippen LogP contribution < -0.4 is 0 Å². The number of esters is 1. The Labute approximate surface area is 155 Å². The standard InChI is InChI=1S/C20H14ClNO4/c21-16-11-12-17(18(13-16)22(24)25)20(23)26-19(14-7-3-1-4-8-14)15-9-5-2-6-10-15/h1-13,19H. The molecule has 0 aliphatic carbocycles. The van der Waals surface area contributed by atoms with Crippen molar-refractivity contribution in [1.29, 1.82) is 0 Å². The van der Waals surface area contributed by atoms with Gasteiger partial charge in [0.15, 0.2) is 6.10 Å². The second kappa shape index (κ2) is 7.80. The molecule has 0 spiro atoms. The minimum absolute atomic E-state index is 0.142. The molecule has 0 N–H and O–H groups in total. The Balaban J connectivity index is 1.98. The summed E-state index contributed by atoms with van der Waals surface area (Å²) < 4.78 is 5.65. The van der Waals surface area contributed by atoms with Gasteiger partial charge in [0, 0.05) is 11.1 Å². The van der Waals surface area contributed by atoms with Gasteiger partial charge in [0.2, 0.25) is 0 Å². The summed E-state index contributed by atoms with van der Waals surface area (Å²) in [5.41, 5.74) is 1.01. The minimum Gasteiger partial charge on any atom is -0.449 e. The van der Waals surface area contributed by atoms with Gasteiger partial charge in [0.05, 0.1) is 4.92 Å². The molecule has 0 heterocycles. The molecule has 0 saturated carbocycles. The van der Waals surface area contributed by atoms with Gasteiger partial charge in [0.1, 0.15) is 5.56 Å². The fourth-order valence-electron chi connectivity index (χ4n) is 2.58. The molecule has 0 fully saturated rings. The van der Waals surface area contributed by atoms with E-state index >= 15 is 0 Å². The molecule has 3 aromatic rings. The van der Waals surface area contributed by atoms with Crippen molar-refractivity contribution in [3.8, 4) is 0 Å². The molecule has 0 saturated heterocycles. The molecule has 3 rings (SSSR count). The van der Waals surface area contributed by atoms with E-state index in [0.717, 1.165) is 17.2 Å². The number of hydrogen-bond acceptors (Lipinski definition) is 4. The summed E-state index contributed by atoms with van der Waals surface area (Å²) in [5.74, 6) is -0.786. The summed E-state index contributed by atoms with van der Waals surface area (Å²) in [6.45, 7) is 0. The molecule has 0 atom stereocenters. The van der Waals surface area contributed by atoms with E-state index in [1.807, 2.05) is 60.7 Å². The lowest BCUT2D eigenvalue weighted by Crippen LogP contribution is -2.14. The number of carbonyl (C=O) groups is 1. The molecule has 0 aliphatic rings. The van der Waals surface area contributed by atoms with Crippen LogP contribution >= 0.6 is 11.6 Å². The van der Waals surface area contributed by atoms with Gasteiger partial charge < -0.3 is 4.74 Å². The van der Waals surface area contributed by atoms with Crippen LogP contribution in [-0.2, 0) is 4.74 Å². The third-order valence-corrected chi connectivity index (χ3v) is 4.04. The molecule has 0 bridgehead atoms. The van der Waals surface area contributed by atoms with Crippen molar-refractivity contribution < 1.29 is 14.5 Å². The molecular formula is C20H14ClNO4. The highest BCUT2D eigenvalue weighted by molar-refractivity contribution is 6.31. The maximum absolute atomic E-state index is 12.7. The second-order valence-corrected chi connectivity index (χ2v) is 5.96. The van der Waals surface area contributed by atoms with E-state index < -0.39 is 17.0 Å². The zero-order chi connectivity index (χ0) is 18.5. The number of halogens is 1. The van der Waals surface area contributed by atoms with Gasteiger partial charge >= 0.3 is 5.97 Å². The first-order valence-electron chi connectivity index (χ1n) is 7.81. The Morgan fingerprint density at radius 2 is 1.46 bits per heavy atom. The summed E-state index contributed by atoms with van der Waals surface area (Å²) in [5, 5.41) is 11.4. The van der Waals surface area contributed by atoms with Crippen LogP contribution in [0.25, 0.3) is 0 Å². The third kappa shape index (κ3) is 3.90. The van der Waals surface area contributed by atoms with Gasteiger partial charge in [-0.1, -0.05) is 72.3 Å². The lowest BCUT2D eigenvalue weighted by molar-refractivity contribution is -0.385. The Hall–Kier alpha value is -3.18. The third-order valence-electron chi connectivity index (χ3n) is 3.81. The van der Waals surface area contributed by atoms with E-state index in [9.17, 15) is 14.9 Å². The van der Waals surface area contributed by atoms with Crippen molar-refractivity contribution in [2.75, 3.05) is 0 Å². The van der Waals surface area contributed by atoms with E-state index in [-0.39, 0.29) is 16.3 Å². The topological polar surface area (TPSA) is 69.4 Å². The van der Waals surface area contributed by atoms with Crippen LogP contribution in [0.15, 0.2) is 78.9 Å². The van der Waals surface area contributed by atoms with Crippen LogP contribution in [0.4, 0.5) is 5.69 Å². The first-order chi connectivity index (χ1) is 12.6. The maximum Gasteiger partial charge on any atom is 0.346 e. The number of nitro groups is 1. The zero-order valence-electron chi connectivity index (χ0n) is 13.5. The smallest absolute Gasteiger partial charge is 0.346 e. The highest BCUT2D eigenvalue weighted by Gasteiger charge is 2.26. The lowest BCUT2D eigenvalue weighted by Gasteiger charge is -2.19. The highest BCUT2D eigenvalue weighted by atomic mass is 35.5. The Morgan fingerprint density at radius 3 is 1.96 bits per heavy atom. The van der Waals surface area contributed by atoms with E-state index in [1.54, 1.807) is 0 Å². The molecule has 6 heteroatoms. The van der Waals surface area contributed by atoms with Crippen LogP contribution in [0, 0.1) is 10.1 Å². The number of carbonyl (C=O) groups excluding carboxylic acids is 1. The van der Waals surface area contributed by atoms with Crippen LogP contribution in [0.1, 0.15) is 27.6 Å². The first kappa shape index (κ1) is 17.6. The summed E-state index contributed by atoms with van der Waals surface area (Å²) >= 11 is 5.81. The SMILES string of the molecule is O=C(OC(c1ccccc1)c1ccccc1)c1ccc(Cl)cc1[N+](=O)[O-]. The summed E-state index contributed by atoms with van der Waals surface area (Å²) in [6, 6.07) is 22.3. The van der Waals surface area contributed by atoms with E-state index in [0.29, 0.717) is 0 Å². The predicted molar refractivity (Wildman–Crippen MR) is 98.2 cm³/mol. The van der Waals surface area contributed by atoms with Crippen molar-refractivity contribution in [3.63, 3.8) is 0 Å². The monoisotopic (exact) mass is 367 g/mol. The molecule has 0 aliphatic heterocycles. The molecule has 26 heavy (non-hydrogen) atoms. The van der Waals surface area contributed by atoms with Crippen LogP contribution in [0.3, 0.4) is 0 Å². The van der Waals surface area contributed by atoms with Gasteiger partial charge in [-0.2, -0.15) is 0 Å². The maximum atomic E-state index is 12.7. The summed E-state index contributed by atoms with van der Waals surface area (Å²) in [6.07, 6.45) is -0.680.